The van der Waals surface area contributed by atoms with Gasteiger partial charge in [0.2, 0.25) is 0 Å². The molecule has 0 aliphatic carbocycles. The lowest BCUT2D eigenvalue weighted by molar-refractivity contribution is 0.277. The van der Waals surface area contributed by atoms with Crippen molar-refractivity contribution >= 4 is 16.3 Å². The second-order valence-electron chi connectivity index (χ2n) is 2.65. The first-order valence-electron chi connectivity index (χ1n) is 3.78. The molecule has 2 rings (SSSR count). The molecule has 0 aromatic carbocycles. The Labute approximate surface area is 79.1 Å². The molecule has 2 aromatic rings. The highest BCUT2D eigenvalue weighted by Gasteiger charge is 2.04. The maximum Gasteiger partial charge on any atom is 0.138 e. The highest BCUT2D eigenvalue weighted by atomic mass is 32.1. The summed E-state index contributed by atoms with van der Waals surface area (Å²) in [7, 11) is 0. The molecule has 0 spiro atoms. The fraction of sp³-hybridized carbons (Fsp3) is 0.125. The highest BCUT2D eigenvalue weighted by molar-refractivity contribution is 7.14. The molecule has 0 bridgehead atoms. The number of nitrogens with two attached hydrogens (primary N) is 1. The van der Waals surface area contributed by atoms with E-state index in [2.05, 4.69) is 9.97 Å². The number of nitrogens with zero attached hydrogens (tertiary/aromatic N) is 1. The molecular formula is C8H9N3OS. The monoisotopic (exact) mass is 195 g/mol. The quantitative estimate of drug-likeness (QED) is 0.674. The standard InChI is InChI=1S/C8H9N3OS/c9-7-1-5(4-13-7)8-10-2-6(3-12)11-8/h1-2,4,12H,3,9H2,(H,10,11). The van der Waals surface area contributed by atoms with Crippen LogP contribution in [0.25, 0.3) is 11.4 Å². The van der Waals surface area contributed by atoms with Crippen LogP contribution in [0.3, 0.4) is 0 Å². The van der Waals surface area contributed by atoms with Crippen molar-refractivity contribution in [1.82, 2.24) is 9.97 Å². The second-order valence-corrected chi connectivity index (χ2v) is 3.60. The van der Waals surface area contributed by atoms with Crippen molar-refractivity contribution in [3.05, 3.63) is 23.3 Å². The van der Waals surface area contributed by atoms with Crippen LogP contribution in [0.1, 0.15) is 5.69 Å². The number of imidazole rings is 1. The smallest absolute Gasteiger partial charge is 0.138 e. The summed E-state index contributed by atoms with van der Waals surface area (Å²) < 4.78 is 0. The average molecular weight is 195 g/mol. The van der Waals surface area contributed by atoms with E-state index < -0.39 is 0 Å². The molecule has 5 heteroatoms. The van der Waals surface area contributed by atoms with Crippen LogP contribution in [0.5, 0.6) is 0 Å². The molecule has 2 aromatic heterocycles. The van der Waals surface area contributed by atoms with Crippen molar-refractivity contribution in [1.29, 1.82) is 0 Å². The number of aliphatic hydroxyl groups excluding tert-OH is 1. The Kier molecular flexibility index (Phi) is 2.03. The lowest BCUT2D eigenvalue weighted by Crippen LogP contribution is -1.82. The predicted molar refractivity (Wildman–Crippen MR) is 52.2 cm³/mol. The number of aromatic amines is 1. The number of anilines is 1. The van der Waals surface area contributed by atoms with E-state index in [9.17, 15) is 0 Å². The summed E-state index contributed by atoms with van der Waals surface area (Å²) in [5, 5.41) is 11.5. The molecule has 0 radical (unpaired) electrons. The third-order valence-electron chi connectivity index (χ3n) is 1.69. The summed E-state index contributed by atoms with van der Waals surface area (Å²) in [4.78, 5) is 7.09. The molecule has 0 aliphatic heterocycles. The van der Waals surface area contributed by atoms with Crippen molar-refractivity contribution in [3.63, 3.8) is 0 Å². The molecule has 0 saturated carbocycles. The Hall–Kier alpha value is -1.33. The number of H-pyrrole nitrogens is 1. The topological polar surface area (TPSA) is 74.9 Å². The van der Waals surface area contributed by atoms with Crippen LogP contribution < -0.4 is 5.73 Å². The van der Waals surface area contributed by atoms with Gasteiger partial charge in [0.05, 0.1) is 23.5 Å². The van der Waals surface area contributed by atoms with Gasteiger partial charge >= 0.3 is 0 Å². The van der Waals surface area contributed by atoms with Gasteiger partial charge in [0.25, 0.3) is 0 Å². The van der Waals surface area contributed by atoms with Gasteiger partial charge in [0.1, 0.15) is 5.82 Å². The fourth-order valence-electron chi connectivity index (χ4n) is 1.06. The molecule has 0 atom stereocenters. The zero-order valence-corrected chi connectivity index (χ0v) is 7.64. The van der Waals surface area contributed by atoms with Crippen molar-refractivity contribution in [2.24, 2.45) is 0 Å². The van der Waals surface area contributed by atoms with Crippen LogP contribution in [0.4, 0.5) is 5.00 Å². The summed E-state index contributed by atoms with van der Waals surface area (Å²) >= 11 is 1.47. The molecule has 13 heavy (non-hydrogen) atoms. The summed E-state index contributed by atoms with van der Waals surface area (Å²) in [6.07, 6.45) is 1.61. The zero-order valence-electron chi connectivity index (χ0n) is 6.82. The van der Waals surface area contributed by atoms with E-state index in [1.54, 1.807) is 6.20 Å². The Morgan fingerprint density at radius 3 is 3.00 bits per heavy atom. The van der Waals surface area contributed by atoms with Crippen LogP contribution >= 0.6 is 11.3 Å². The minimum Gasteiger partial charge on any atom is -0.391 e. The minimum atomic E-state index is -0.0212. The number of aromatic nitrogens is 2. The maximum absolute atomic E-state index is 8.81. The number of aliphatic hydroxyl groups is 1. The Morgan fingerprint density at radius 1 is 1.62 bits per heavy atom. The third-order valence-corrected chi connectivity index (χ3v) is 2.45. The molecule has 4 nitrogen and oxygen atoms in total. The number of nitrogens with one attached hydrogen (secondary N) is 1. The fourth-order valence-corrected chi connectivity index (χ4v) is 1.70. The van der Waals surface area contributed by atoms with Gasteiger partial charge in [-0.2, -0.15) is 0 Å². The summed E-state index contributed by atoms with van der Waals surface area (Å²) in [6, 6.07) is 1.85. The van der Waals surface area contributed by atoms with Gasteiger partial charge in [-0.25, -0.2) is 4.98 Å². The molecular weight excluding hydrogens is 186 g/mol. The van der Waals surface area contributed by atoms with Gasteiger partial charge in [-0.1, -0.05) is 0 Å². The van der Waals surface area contributed by atoms with Crippen LogP contribution in [-0.2, 0) is 6.61 Å². The normalized spacial score (nSPS) is 10.5. The Balaban J connectivity index is 2.35. The first-order chi connectivity index (χ1) is 6.29. The maximum atomic E-state index is 8.81. The van der Waals surface area contributed by atoms with Crippen LogP contribution in [0.15, 0.2) is 17.6 Å². The van der Waals surface area contributed by atoms with Crippen molar-refractivity contribution in [2.45, 2.75) is 6.61 Å². The predicted octanol–water partition coefficient (Wildman–Crippen LogP) is 1.21. The van der Waals surface area contributed by atoms with Crippen molar-refractivity contribution in [3.8, 4) is 11.4 Å². The zero-order chi connectivity index (χ0) is 9.26. The van der Waals surface area contributed by atoms with E-state index in [0.717, 1.165) is 16.4 Å². The van der Waals surface area contributed by atoms with E-state index >= 15 is 0 Å². The van der Waals surface area contributed by atoms with Crippen LogP contribution in [-0.4, -0.2) is 15.1 Å². The average Bonchev–Trinajstić information content (AvgIpc) is 2.71. The number of hydrogen-bond donors (Lipinski definition) is 3. The summed E-state index contributed by atoms with van der Waals surface area (Å²) in [5.41, 5.74) is 7.25. The lowest BCUT2D eigenvalue weighted by Gasteiger charge is -1.89. The van der Waals surface area contributed by atoms with Crippen LogP contribution in [0, 0.1) is 0 Å². The molecule has 0 amide bonds. The molecule has 0 saturated heterocycles. The Morgan fingerprint density at radius 2 is 2.46 bits per heavy atom. The first-order valence-corrected chi connectivity index (χ1v) is 4.66. The first kappa shape index (κ1) is 8.28. The van der Waals surface area contributed by atoms with E-state index in [4.69, 9.17) is 10.8 Å². The molecule has 68 valence electrons. The molecule has 4 N–H and O–H groups in total. The molecule has 2 heterocycles. The van der Waals surface area contributed by atoms with Gasteiger partial charge in [-0.05, 0) is 6.07 Å². The van der Waals surface area contributed by atoms with Gasteiger partial charge in [0, 0.05) is 10.9 Å². The number of hydrogen-bond acceptors (Lipinski definition) is 4. The largest absolute Gasteiger partial charge is 0.391 e. The molecule has 0 fully saturated rings. The van der Waals surface area contributed by atoms with Gasteiger partial charge in [0.15, 0.2) is 0 Å². The number of nitrogen functional groups attached to an aromatic ring is 1. The van der Waals surface area contributed by atoms with E-state index in [1.807, 2.05) is 11.4 Å². The van der Waals surface area contributed by atoms with E-state index in [0.29, 0.717) is 5.69 Å². The van der Waals surface area contributed by atoms with Crippen LogP contribution in [0.2, 0.25) is 0 Å². The third kappa shape index (κ3) is 1.56. The summed E-state index contributed by atoms with van der Waals surface area (Å²) in [6.45, 7) is -0.0212. The van der Waals surface area contributed by atoms with Crippen molar-refractivity contribution < 1.29 is 5.11 Å². The summed E-state index contributed by atoms with van der Waals surface area (Å²) in [5.74, 6) is 0.747. The van der Waals surface area contributed by atoms with Gasteiger partial charge < -0.3 is 15.8 Å². The minimum absolute atomic E-state index is 0.0212. The molecule has 0 aliphatic rings. The van der Waals surface area contributed by atoms with Gasteiger partial charge in [-0.15, -0.1) is 11.3 Å². The Bertz CT molecular complexity index is 407. The number of rotatable bonds is 2. The second kappa shape index (κ2) is 3.20. The SMILES string of the molecule is Nc1cc(-c2ncc(CO)[nH]2)cs1. The van der Waals surface area contributed by atoms with Gasteiger partial charge in [-0.3, -0.25) is 0 Å². The number of thiophene rings is 1. The van der Waals surface area contributed by atoms with E-state index in [-0.39, 0.29) is 6.61 Å². The lowest BCUT2D eigenvalue weighted by atomic mass is 10.3. The molecule has 0 unspecified atom stereocenters. The highest BCUT2D eigenvalue weighted by Crippen LogP contribution is 2.24. The van der Waals surface area contributed by atoms with Crippen molar-refractivity contribution in [2.75, 3.05) is 5.73 Å². The van der Waals surface area contributed by atoms with E-state index in [1.165, 1.54) is 11.3 Å².